The van der Waals surface area contributed by atoms with Gasteiger partial charge in [-0.2, -0.15) is 0 Å². The topological polar surface area (TPSA) is 20.2 Å². The monoisotopic (exact) mass is 166 g/mol. The van der Waals surface area contributed by atoms with Crippen LogP contribution in [-0.4, -0.2) is 11.7 Å². The number of hydrogen-bond donors (Lipinski definition) is 1. The molecule has 3 unspecified atom stereocenters. The van der Waals surface area contributed by atoms with Gasteiger partial charge in [0.25, 0.3) is 0 Å². The van der Waals surface area contributed by atoms with Crippen molar-refractivity contribution in [2.24, 2.45) is 22.7 Å². The van der Waals surface area contributed by atoms with Gasteiger partial charge in [-0.05, 0) is 29.1 Å². The second-order valence-electron chi connectivity index (χ2n) is 5.09. The molecule has 2 aliphatic carbocycles. The smallest absolute Gasteiger partial charge is 0.0467 e. The van der Waals surface area contributed by atoms with Crippen molar-refractivity contribution in [3.8, 4) is 0 Å². The lowest BCUT2D eigenvalue weighted by Gasteiger charge is -2.37. The Labute approximate surface area is 74.5 Å². The third-order valence-electron chi connectivity index (χ3n) is 4.60. The van der Waals surface area contributed by atoms with Crippen LogP contribution < -0.4 is 0 Å². The van der Waals surface area contributed by atoms with Crippen LogP contribution in [0.5, 0.6) is 0 Å². The molecule has 1 N–H and O–H groups in total. The fraction of sp³-hybridized carbons (Fsp3) is 0.818. The van der Waals surface area contributed by atoms with Crippen molar-refractivity contribution in [2.75, 3.05) is 6.61 Å². The first-order valence-corrected chi connectivity index (χ1v) is 4.82. The van der Waals surface area contributed by atoms with E-state index in [1.165, 1.54) is 6.42 Å². The second kappa shape index (κ2) is 2.14. The molecule has 0 aliphatic heterocycles. The molecule has 1 saturated carbocycles. The second-order valence-corrected chi connectivity index (χ2v) is 5.09. The Hall–Kier alpha value is -0.300. The standard InChI is InChI=1S/C11H18O/c1-10(2)8-4-5-11(10,3)9(6-8)7-12/h4-5,8-9,12H,6-7H2,1-3H3. The Balaban J connectivity index is 2.39. The van der Waals surface area contributed by atoms with E-state index in [1.54, 1.807) is 0 Å². The highest BCUT2D eigenvalue weighted by Crippen LogP contribution is 2.64. The zero-order chi connectivity index (χ0) is 8.98. The molecule has 1 nitrogen and oxygen atoms in total. The first-order valence-electron chi connectivity index (χ1n) is 4.82. The molecule has 2 rings (SSSR count). The van der Waals surface area contributed by atoms with Crippen LogP contribution >= 0.6 is 0 Å². The van der Waals surface area contributed by atoms with Crippen molar-refractivity contribution in [3.05, 3.63) is 12.2 Å². The molecule has 12 heavy (non-hydrogen) atoms. The average molecular weight is 166 g/mol. The van der Waals surface area contributed by atoms with E-state index in [0.29, 0.717) is 23.9 Å². The highest BCUT2D eigenvalue weighted by molar-refractivity contribution is 5.24. The molecular weight excluding hydrogens is 148 g/mol. The van der Waals surface area contributed by atoms with Gasteiger partial charge in [0.2, 0.25) is 0 Å². The predicted molar refractivity (Wildman–Crippen MR) is 49.7 cm³/mol. The van der Waals surface area contributed by atoms with Gasteiger partial charge in [0, 0.05) is 6.61 Å². The highest BCUT2D eigenvalue weighted by atomic mass is 16.3. The summed E-state index contributed by atoms with van der Waals surface area (Å²) in [4.78, 5) is 0. The molecular formula is C11H18O. The van der Waals surface area contributed by atoms with E-state index in [9.17, 15) is 5.11 Å². The predicted octanol–water partition coefficient (Wildman–Crippen LogP) is 2.22. The van der Waals surface area contributed by atoms with E-state index < -0.39 is 0 Å². The van der Waals surface area contributed by atoms with Crippen LogP contribution in [0.25, 0.3) is 0 Å². The third kappa shape index (κ3) is 0.687. The molecule has 0 saturated heterocycles. The van der Waals surface area contributed by atoms with Gasteiger partial charge in [-0.15, -0.1) is 0 Å². The summed E-state index contributed by atoms with van der Waals surface area (Å²) in [6.07, 6.45) is 5.84. The minimum Gasteiger partial charge on any atom is -0.396 e. The van der Waals surface area contributed by atoms with E-state index in [2.05, 4.69) is 32.9 Å². The molecule has 0 heterocycles. The van der Waals surface area contributed by atoms with Crippen molar-refractivity contribution in [1.29, 1.82) is 0 Å². The van der Waals surface area contributed by atoms with Gasteiger partial charge in [-0.1, -0.05) is 32.9 Å². The molecule has 0 aromatic heterocycles. The summed E-state index contributed by atoms with van der Waals surface area (Å²) in [6, 6.07) is 0. The Morgan fingerprint density at radius 1 is 1.42 bits per heavy atom. The van der Waals surface area contributed by atoms with Crippen LogP contribution in [0.1, 0.15) is 27.2 Å². The van der Waals surface area contributed by atoms with Crippen molar-refractivity contribution in [1.82, 2.24) is 0 Å². The van der Waals surface area contributed by atoms with Crippen LogP contribution in [0, 0.1) is 22.7 Å². The van der Waals surface area contributed by atoms with Gasteiger partial charge in [0.1, 0.15) is 0 Å². The average Bonchev–Trinajstić information content (AvgIpc) is 2.34. The third-order valence-corrected chi connectivity index (χ3v) is 4.60. The maximum Gasteiger partial charge on any atom is 0.0467 e. The quantitative estimate of drug-likeness (QED) is 0.592. The Morgan fingerprint density at radius 3 is 2.33 bits per heavy atom. The minimum atomic E-state index is 0.242. The van der Waals surface area contributed by atoms with Crippen LogP contribution in [0.4, 0.5) is 0 Å². The number of rotatable bonds is 1. The van der Waals surface area contributed by atoms with Crippen LogP contribution in [-0.2, 0) is 0 Å². The van der Waals surface area contributed by atoms with Crippen LogP contribution in [0.15, 0.2) is 12.2 Å². The maximum atomic E-state index is 9.25. The number of allylic oxidation sites excluding steroid dienone is 2. The zero-order valence-electron chi connectivity index (χ0n) is 8.17. The number of aliphatic hydroxyl groups excluding tert-OH is 1. The number of fused-ring (bicyclic) bond motifs is 2. The lowest BCUT2D eigenvalue weighted by atomic mass is 9.67. The molecule has 68 valence electrons. The van der Waals surface area contributed by atoms with Crippen molar-refractivity contribution >= 4 is 0 Å². The van der Waals surface area contributed by atoms with E-state index in [-0.39, 0.29) is 5.41 Å². The highest BCUT2D eigenvalue weighted by Gasteiger charge is 2.57. The Kier molecular flexibility index (Phi) is 1.48. The molecule has 1 heteroatoms. The first kappa shape index (κ1) is 8.31. The lowest BCUT2D eigenvalue weighted by molar-refractivity contribution is 0.0987. The van der Waals surface area contributed by atoms with Gasteiger partial charge >= 0.3 is 0 Å². The molecule has 1 fully saturated rings. The zero-order valence-corrected chi connectivity index (χ0v) is 8.17. The van der Waals surface area contributed by atoms with Gasteiger partial charge < -0.3 is 5.11 Å². The van der Waals surface area contributed by atoms with Gasteiger partial charge in [-0.3, -0.25) is 0 Å². The van der Waals surface area contributed by atoms with Crippen LogP contribution in [0.3, 0.4) is 0 Å². The van der Waals surface area contributed by atoms with Crippen LogP contribution in [0.2, 0.25) is 0 Å². The normalized spacial score (nSPS) is 48.7. The summed E-state index contributed by atoms with van der Waals surface area (Å²) >= 11 is 0. The van der Waals surface area contributed by atoms with Crippen molar-refractivity contribution in [3.63, 3.8) is 0 Å². The van der Waals surface area contributed by atoms with E-state index >= 15 is 0 Å². The minimum absolute atomic E-state index is 0.242. The molecule has 0 radical (unpaired) electrons. The molecule has 0 spiro atoms. The maximum absolute atomic E-state index is 9.25. The first-order chi connectivity index (χ1) is 5.52. The molecule has 0 amide bonds. The Morgan fingerprint density at radius 2 is 2.08 bits per heavy atom. The lowest BCUT2D eigenvalue weighted by Crippen LogP contribution is -2.33. The largest absolute Gasteiger partial charge is 0.396 e. The molecule has 2 aliphatic rings. The fourth-order valence-corrected chi connectivity index (χ4v) is 3.02. The Bertz CT molecular complexity index is 229. The van der Waals surface area contributed by atoms with E-state index in [4.69, 9.17) is 0 Å². The van der Waals surface area contributed by atoms with Gasteiger partial charge in [0.05, 0.1) is 0 Å². The SMILES string of the molecule is CC1(C)C2C=CC1(C)C(CO)C2. The van der Waals surface area contributed by atoms with E-state index in [1.807, 2.05) is 0 Å². The summed E-state index contributed by atoms with van der Waals surface area (Å²) in [5.74, 6) is 1.18. The van der Waals surface area contributed by atoms with Crippen molar-refractivity contribution < 1.29 is 5.11 Å². The van der Waals surface area contributed by atoms with E-state index in [0.717, 1.165) is 0 Å². The molecule has 3 atom stereocenters. The fourth-order valence-electron chi connectivity index (χ4n) is 3.02. The van der Waals surface area contributed by atoms with Gasteiger partial charge in [0.15, 0.2) is 0 Å². The summed E-state index contributed by atoms with van der Waals surface area (Å²) < 4.78 is 0. The molecule has 0 aromatic rings. The van der Waals surface area contributed by atoms with Crippen molar-refractivity contribution in [2.45, 2.75) is 27.2 Å². The number of hydrogen-bond acceptors (Lipinski definition) is 1. The summed E-state index contributed by atoms with van der Waals surface area (Å²) in [6.45, 7) is 7.29. The molecule has 0 aromatic carbocycles. The number of aliphatic hydroxyl groups is 1. The molecule has 2 bridgehead atoms. The summed E-state index contributed by atoms with van der Waals surface area (Å²) in [5, 5.41) is 9.25. The summed E-state index contributed by atoms with van der Waals surface area (Å²) in [5.41, 5.74) is 0.604. The summed E-state index contributed by atoms with van der Waals surface area (Å²) in [7, 11) is 0. The van der Waals surface area contributed by atoms with Gasteiger partial charge in [-0.25, -0.2) is 0 Å².